The molecular weight excluding hydrogens is 422 g/mol. The largest absolute Gasteiger partial charge is 0.454 e. The summed E-state index contributed by atoms with van der Waals surface area (Å²) < 4.78 is 8.92. The topological polar surface area (TPSA) is 25.2 Å². The molecule has 0 unspecified atom stereocenters. The summed E-state index contributed by atoms with van der Waals surface area (Å²) in [6.07, 6.45) is 0. The summed E-state index contributed by atoms with van der Waals surface area (Å²) in [4.78, 5) is 0. The van der Waals surface area contributed by atoms with E-state index >= 15 is 0 Å². The smallest absolute Gasteiger partial charge is 0.158 e. The zero-order valence-electron chi connectivity index (χ0n) is 17.7. The van der Waals surface area contributed by atoms with Crippen LogP contribution in [0.25, 0.3) is 53.2 Å². The first-order valence-electron chi connectivity index (χ1n) is 11.0. The molecular formula is C30H19NOS. The van der Waals surface area contributed by atoms with Gasteiger partial charge in [0, 0.05) is 36.6 Å². The third-order valence-corrected chi connectivity index (χ3v) is 7.40. The van der Waals surface area contributed by atoms with Crippen molar-refractivity contribution in [2.75, 3.05) is 5.32 Å². The summed E-state index contributed by atoms with van der Waals surface area (Å²) in [5.74, 6) is 0. The molecule has 0 amide bonds. The van der Waals surface area contributed by atoms with Gasteiger partial charge in [-0.05, 0) is 47.5 Å². The van der Waals surface area contributed by atoms with Gasteiger partial charge in [-0.3, -0.25) is 0 Å². The molecule has 2 aromatic heterocycles. The third kappa shape index (κ3) is 3.01. The predicted octanol–water partition coefficient (Wildman–Crippen LogP) is 9.36. The van der Waals surface area contributed by atoms with Crippen molar-refractivity contribution in [1.82, 2.24) is 0 Å². The highest BCUT2D eigenvalue weighted by molar-refractivity contribution is 7.25. The van der Waals surface area contributed by atoms with E-state index in [1.165, 1.54) is 31.3 Å². The van der Waals surface area contributed by atoms with E-state index in [2.05, 4.69) is 108 Å². The van der Waals surface area contributed by atoms with Crippen molar-refractivity contribution in [3.8, 4) is 11.1 Å². The van der Waals surface area contributed by atoms with Crippen molar-refractivity contribution in [2.45, 2.75) is 0 Å². The number of thiophene rings is 1. The van der Waals surface area contributed by atoms with Crippen molar-refractivity contribution in [3.63, 3.8) is 0 Å². The molecule has 0 radical (unpaired) electrons. The monoisotopic (exact) mass is 441 g/mol. The lowest BCUT2D eigenvalue weighted by molar-refractivity contribution is 0.670. The molecule has 0 spiro atoms. The van der Waals surface area contributed by atoms with E-state index in [9.17, 15) is 0 Å². The van der Waals surface area contributed by atoms with Crippen LogP contribution in [0.3, 0.4) is 0 Å². The van der Waals surface area contributed by atoms with Gasteiger partial charge in [0.25, 0.3) is 0 Å². The van der Waals surface area contributed by atoms with Crippen LogP contribution < -0.4 is 5.32 Å². The quantitative estimate of drug-likeness (QED) is 0.295. The molecule has 0 atom stereocenters. The van der Waals surface area contributed by atoms with E-state index in [0.29, 0.717) is 0 Å². The molecule has 0 saturated heterocycles. The maximum Gasteiger partial charge on any atom is 0.158 e. The lowest BCUT2D eigenvalue weighted by atomic mass is 10.0. The van der Waals surface area contributed by atoms with Crippen molar-refractivity contribution in [1.29, 1.82) is 0 Å². The Morgan fingerprint density at radius 2 is 1.36 bits per heavy atom. The van der Waals surface area contributed by atoms with E-state index in [0.717, 1.165) is 33.3 Å². The Balaban J connectivity index is 1.33. The van der Waals surface area contributed by atoms with Crippen molar-refractivity contribution in [3.05, 3.63) is 109 Å². The van der Waals surface area contributed by atoms with Crippen LogP contribution in [0.15, 0.2) is 114 Å². The summed E-state index contributed by atoms with van der Waals surface area (Å²) in [6, 6.07) is 38.4. The standard InChI is InChI=1S/C30H19NOS/c1-2-7-19(8-3-1)20-13-16-27-25(17-20)24-10-6-11-26(30(24)32-27)31-21-14-15-23-22-9-4-5-12-28(22)33-29(23)18-21/h1-18,31H. The molecule has 156 valence electrons. The molecule has 33 heavy (non-hydrogen) atoms. The lowest BCUT2D eigenvalue weighted by Gasteiger charge is -2.07. The predicted molar refractivity (Wildman–Crippen MR) is 142 cm³/mol. The first-order chi connectivity index (χ1) is 16.3. The number of para-hydroxylation sites is 1. The van der Waals surface area contributed by atoms with E-state index in [1.807, 2.05) is 17.4 Å². The summed E-state index contributed by atoms with van der Waals surface area (Å²) in [5, 5.41) is 8.48. The minimum Gasteiger partial charge on any atom is -0.454 e. The molecule has 0 saturated carbocycles. The fourth-order valence-electron chi connectivity index (χ4n) is 4.67. The molecule has 0 aliphatic carbocycles. The highest BCUT2D eigenvalue weighted by atomic mass is 32.1. The first kappa shape index (κ1) is 18.5. The van der Waals surface area contributed by atoms with Crippen molar-refractivity contribution >= 4 is 64.8 Å². The van der Waals surface area contributed by atoms with Gasteiger partial charge in [0.05, 0.1) is 5.69 Å². The molecule has 1 N–H and O–H groups in total. The SMILES string of the molecule is c1ccc(-c2ccc3oc4c(Nc5ccc6c(c5)sc5ccccc56)cccc4c3c2)cc1. The Hall–Kier alpha value is -4.08. The van der Waals surface area contributed by atoms with E-state index in [1.54, 1.807) is 0 Å². The van der Waals surface area contributed by atoms with Crippen LogP contribution in [-0.4, -0.2) is 0 Å². The minimum atomic E-state index is 0.883. The van der Waals surface area contributed by atoms with Crippen LogP contribution in [-0.2, 0) is 0 Å². The molecule has 2 nitrogen and oxygen atoms in total. The Morgan fingerprint density at radius 3 is 2.30 bits per heavy atom. The van der Waals surface area contributed by atoms with Gasteiger partial charge in [0.2, 0.25) is 0 Å². The van der Waals surface area contributed by atoms with E-state index in [4.69, 9.17) is 4.42 Å². The third-order valence-electron chi connectivity index (χ3n) is 6.26. The fraction of sp³-hybridized carbons (Fsp3) is 0. The zero-order valence-corrected chi connectivity index (χ0v) is 18.5. The number of fused-ring (bicyclic) bond motifs is 6. The average Bonchev–Trinajstić information content (AvgIpc) is 3.43. The van der Waals surface area contributed by atoms with E-state index < -0.39 is 0 Å². The number of anilines is 2. The number of furan rings is 1. The van der Waals surface area contributed by atoms with Gasteiger partial charge in [-0.2, -0.15) is 0 Å². The highest BCUT2D eigenvalue weighted by Gasteiger charge is 2.13. The molecule has 2 heterocycles. The maximum atomic E-state index is 6.32. The molecule has 3 heteroatoms. The van der Waals surface area contributed by atoms with Crippen molar-refractivity contribution in [2.24, 2.45) is 0 Å². The molecule has 0 aliphatic heterocycles. The number of benzene rings is 5. The Morgan fingerprint density at radius 1 is 0.545 bits per heavy atom. The second-order valence-electron chi connectivity index (χ2n) is 8.30. The second kappa shape index (κ2) is 7.22. The Labute approximate surface area is 194 Å². The summed E-state index contributed by atoms with van der Waals surface area (Å²) >= 11 is 1.83. The molecule has 0 fully saturated rings. The summed E-state index contributed by atoms with van der Waals surface area (Å²) in [5.41, 5.74) is 6.23. The van der Waals surface area contributed by atoms with Gasteiger partial charge in [-0.25, -0.2) is 0 Å². The number of rotatable bonds is 3. The second-order valence-corrected chi connectivity index (χ2v) is 9.38. The highest BCUT2D eigenvalue weighted by Crippen LogP contribution is 2.39. The van der Waals surface area contributed by atoms with Crippen LogP contribution >= 0.6 is 11.3 Å². The molecule has 5 aromatic carbocycles. The molecule has 0 bridgehead atoms. The van der Waals surface area contributed by atoms with Gasteiger partial charge in [-0.1, -0.05) is 72.8 Å². The number of hydrogen-bond donors (Lipinski definition) is 1. The molecule has 7 aromatic rings. The lowest BCUT2D eigenvalue weighted by Crippen LogP contribution is -1.90. The van der Waals surface area contributed by atoms with Gasteiger partial charge < -0.3 is 9.73 Å². The van der Waals surface area contributed by atoms with Crippen molar-refractivity contribution < 1.29 is 4.42 Å². The Bertz CT molecular complexity index is 1790. The molecule has 0 aliphatic rings. The first-order valence-corrected chi connectivity index (χ1v) is 11.8. The van der Waals surface area contributed by atoms with Crippen LogP contribution in [0.5, 0.6) is 0 Å². The minimum absolute atomic E-state index is 0.883. The molecule has 7 rings (SSSR count). The average molecular weight is 442 g/mol. The van der Waals surface area contributed by atoms with Gasteiger partial charge in [0.1, 0.15) is 5.58 Å². The van der Waals surface area contributed by atoms with Crippen LogP contribution in [0.1, 0.15) is 0 Å². The summed E-state index contributed by atoms with van der Waals surface area (Å²) in [6.45, 7) is 0. The normalized spacial score (nSPS) is 11.6. The maximum absolute atomic E-state index is 6.32. The number of nitrogens with one attached hydrogen (secondary N) is 1. The van der Waals surface area contributed by atoms with Gasteiger partial charge >= 0.3 is 0 Å². The number of hydrogen-bond acceptors (Lipinski definition) is 3. The Kier molecular flexibility index (Phi) is 4.05. The summed E-state index contributed by atoms with van der Waals surface area (Å²) in [7, 11) is 0. The van der Waals surface area contributed by atoms with Gasteiger partial charge in [-0.15, -0.1) is 11.3 Å². The zero-order chi connectivity index (χ0) is 21.8. The van der Waals surface area contributed by atoms with E-state index in [-0.39, 0.29) is 0 Å². The van der Waals surface area contributed by atoms with Crippen LogP contribution in [0.4, 0.5) is 11.4 Å². The van der Waals surface area contributed by atoms with Crippen LogP contribution in [0, 0.1) is 0 Å². The van der Waals surface area contributed by atoms with Gasteiger partial charge in [0.15, 0.2) is 5.58 Å². The van der Waals surface area contributed by atoms with Crippen LogP contribution in [0.2, 0.25) is 0 Å². The fourth-order valence-corrected chi connectivity index (χ4v) is 5.81.